The second-order valence-corrected chi connectivity index (χ2v) is 11.6. The van der Waals surface area contributed by atoms with Crippen LogP contribution in [0.1, 0.15) is 48.0 Å². The van der Waals surface area contributed by atoms with Crippen molar-refractivity contribution in [3.05, 3.63) is 40.2 Å². The molecule has 4 heterocycles. The summed E-state index contributed by atoms with van der Waals surface area (Å²) in [7, 11) is 2.12. The number of amides is 2. The molecule has 198 valence electrons. The number of Topliss-reactive ketones (excluding diaryl/α,β-unsaturated/α-hetero) is 1. The summed E-state index contributed by atoms with van der Waals surface area (Å²) in [6.07, 6.45) is -0.838. The standard InChI is InChI=1S/C27H33FN4O4S/c1-15(2)10-20(27(35)32-12-19(28)24-23(32)22(33)13-36-24)29-25(34)17-6-4-16(5-7-17)21-14-37-26(30-21)18-8-9-31(3)11-18/h4-7,14-15,18-20,23-24H,8-13H2,1-3H3,(H,29,34)/t18?,19-,20-,23?,24+/m0/s1. The molecular weight excluding hydrogens is 495 g/mol. The summed E-state index contributed by atoms with van der Waals surface area (Å²) in [5.41, 5.74) is 2.24. The van der Waals surface area contributed by atoms with Gasteiger partial charge >= 0.3 is 0 Å². The molecule has 37 heavy (non-hydrogen) atoms. The number of benzene rings is 1. The Labute approximate surface area is 220 Å². The van der Waals surface area contributed by atoms with Crippen molar-refractivity contribution in [2.24, 2.45) is 5.92 Å². The Morgan fingerprint density at radius 1 is 1.24 bits per heavy atom. The molecule has 1 aromatic carbocycles. The van der Waals surface area contributed by atoms with E-state index >= 15 is 0 Å². The number of ketones is 1. The van der Waals surface area contributed by atoms with Crippen LogP contribution in [0.5, 0.6) is 0 Å². The average molecular weight is 529 g/mol. The van der Waals surface area contributed by atoms with Crippen LogP contribution in [0.4, 0.5) is 4.39 Å². The number of alkyl halides is 1. The summed E-state index contributed by atoms with van der Waals surface area (Å²) in [6.45, 7) is 5.61. The summed E-state index contributed by atoms with van der Waals surface area (Å²) >= 11 is 1.67. The van der Waals surface area contributed by atoms with Crippen molar-refractivity contribution in [1.82, 2.24) is 20.1 Å². The number of halogens is 1. The predicted molar refractivity (Wildman–Crippen MR) is 138 cm³/mol. The predicted octanol–water partition coefficient (Wildman–Crippen LogP) is 2.89. The fourth-order valence-corrected chi connectivity index (χ4v) is 6.45. The van der Waals surface area contributed by atoms with Crippen molar-refractivity contribution in [2.45, 2.75) is 57.0 Å². The highest BCUT2D eigenvalue weighted by atomic mass is 32.1. The van der Waals surface area contributed by atoms with E-state index in [0.717, 1.165) is 35.8 Å². The number of aromatic nitrogens is 1. The number of fused-ring (bicyclic) bond motifs is 1. The summed E-state index contributed by atoms with van der Waals surface area (Å²) < 4.78 is 19.7. The van der Waals surface area contributed by atoms with E-state index < -0.39 is 30.3 Å². The Hall–Kier alpha value is -2.69. The Morgan fingerprint density at radius 2 is 2.00 bits per heavy atom. The van der Waals surface area contributed by atoms with Gasteiger partial charge in [-0.3, -0.25) is 14.4 Å². The maximum atomic E-state index is 14.4. The minimum atomic E-state index is -1.41. The Bertz CT molecular complexity index is 1170. The third-order valence-electron chi connectivity index (χ3n) is 7.42. The normalized spacial score (nSPS) is 26.6. The number of ether oxygens (including phenoxy) is 1. The van der Waals surface area contributed by atoms with Gasteiger partial charge in [0.1, 0.15) is 31.0 Å². The lowest BCUT2D eigenvalue weighted by Crippen LogP contribution is -2.52. The topological polar surface area (TPSA) is 91.8 Å². The molecule has 0 radical (unpaired) electrons. The van der Waals surface area contributed by atoms with Gasteiger partial charge < -0.3 is 19.9 Å². The molecule has 3 fully saturated rings. The van der Waals surface area contributed by atoms with Crippen molar-refractivity contribution < 1.29 is 23.5 Å². The monoisotopic (exact) mass is 528 g/mol. The highest BCUT2D eigenvalue weighted by Gasteiger charge is 2.53. The second-order valence-electron chi connectivity index (χ2n) is 10.7. The Kier molecular flexibility index (Phi) is 7.42. The molecule has 10 heteroatoms. The molecule has 3 aliphatic heterocycles. The van der Waals surface area contributed by atoms with Gasteiger partial charge in [-0.2, -0.15) is 0 Å². The number of likely N-dealkylation sites (N-methyl/N-ethyl adjacent to an activating group) is 1. The zero-order valence-corrected chi connectivity index (χ0v) is 22.2. The fraction of sp³-hybridized carbons (Fsp3) is 0.556. The highest BCUT2D eigenvalue weighted by Crippen LogP contribution is 2.32. The molecule has 8 nitrogen and oxygen atoms in total. The summed E-state index contributed by atoms with van der Waals surface area (Å²) in [4.78, 5) is 47.1. The SMILES string of the molecule is CC(C)C[C@H](NC(=O)c1ccc(-c2csc(C3CCN(C)C3)n2)cc1)C(=O)N1C[C@H](F)[C@H]2OCC(=O)C21. The lowest BCUT2D eigenvalue weighted by Gasteiger charge is -2.28. The van der Waals surface area contributed by atoms with Crippen LogP contribution >= 0.6 is 11.3 Å². The van der Waals surface area contributed by atoms with Gasteiger partial charge in [-0.15, -0.1) is 11.3 Å². The van der Waals surface area contributed by atoms with Crippen LogP contribution in [-0.4, -0.2) is 90.0 Å². The van der Waals surface area contributed by atoms with E-state index in [0.29, 0.717) is 17.9 Å². The molecule has 0 saturated carbocycles. The van der Waals surface area contributed by atoms with Crippen LogP contribution < -0.4 is 5.32 Å². The maximum absolute atomic E-state index is 14.4. The molecule has 0 spiro atoms. The summed E-state index contributed by atoms with van der Waals surface area (Å²) in [5, 5.41) is 6.02. The maximum Gasteiger partial charge on any atom is 0.251 e. The van der Waals surface area contributed by atoms with Gasteiger partial charge in [0.25, 0.3) is 5.91 Å². The van der Waals surface area contributed by atoms with E-state index in [1.165, 1.54) is 4.90 Å². The van der Waals surface area contributed by atoms with E-state index in [4.69, 9.17) is 9.72 Å². The lowest BCUT2D eigenvalue weighted by atomic mass is 10.0. The van der Waals surface area contributed by atoms with E-state index in [2.05, 4.69) is 22.6 Å². The molecule has 5 rings (SSSR count). The fourth-order valence-electron chi connectivity index (χ4n) is 5.50. The molecule has 3 saturated heterocycles. The molecule has 3 aliphatic rings. The van der Waals surface area contributed by atoms with Crippen molar-refractivity contribution in [3.63, 3.8) is 0 Å². The molecule has 2 amide bonds. The van der Waals surface area contributed by atoms with Gasteiger partial charge in [0, 0.05) is 29.0 Å². The molecule has 2 aromatic rings. The lowest BCUT2D eigenvalue weighted by molar-refractivity contribution is -0.138. The number of carbonyl (C=O) groups excluding carboxylic acids is 3. The van der Waals surface area contributed by atoms with Gasteiger partial charge in [0.15, 0.2) is 5.78 Å². The zero-order valence-electron chi connectivity index (χ0n) is 21.4. The molecular formula is C27H33FN4O4S. The van der Waals surface area contributed by atoms with E-state index in [1.807, 2.05) is 26.0 Å². The number of thiazole rings is 1. The molecule has 1 N–H and O–H groups in total. The van der Waals surface area contributed by atoms with E-state index in [1.54, 1.807) is 23.5 Å². The number of hydrogen-bond donors (Lipinski definition) is 1. The van der Waals surface area contributed by atoms with Crippen molar-refractivity contribution in [1.29, 1.82) is 0 Å². The van der Waals surface area contributed by atoms with Crippen molar-refractivity contribution in [2.75, 3.05) is 33.3 Å². The van der Waals surface area contributed by atoms with E-state index in [-0.39, 0.29) is 30.8 Å². The molecule has 0 bridgehead atoms. The second kappa shape index (κ2) is 10.6. The quantitative estimate of drug-likeness (QED) is 0.594. The highest BCUT2D eigenvalue weighted by molar-refractivity contribution is 7.10. The third kappa shape index (κ3) is 5.32. The first-order valence-corrected chi connectivity index (χ1v) is 13.7. The number of nitrogens with one attached hydrogen (secondary N) is 1. The smallest absolute Gasteiger partial charge is 0.251 e. The van der Waals surface area contributed by atoms with Gasteiger partial charge in [-0.1, -0.05) is 26.0 Å². The van der Waals surface area contributed by atoms with Gasteiger partial charge in [0.2, 0.25) is 5.91 Å². The average Bonchev–Trinajstić information content (AvgIpc) is 3.65. The Balaban J connectivity index is 1.27. The van der Waals surface area contributed by atoms with Gasteiger partial charge in [-0.05, 0) is 44.5 Å². The first-order valence-electron chi connectivity index (χ1n) is 12.9. The van der Waals surface area contributed by atoms with Crippen LogP contribution in [0, 0.1) is 5.92 Å². The molecule has 1 aromatic heterocycles. The van der Waals surface area contributed by atoms with Crippen LogP contribution in [0.2, 0.25) is 0 Å². The first-order chi connectivity index (χ1) is 17.7. The minimum Gasteiger partial charge on any atom is -0.365 e. The molecule has 0 aliphatic carbocycles. The number of nitrogens with zero attached hydrogens (tertiary/aromatic N) is 3. The summed E-state index contributed by atoms with van der Waals surface area (Å²) in [6, 6.07) is 5.39. The van der Waals surface area contributed by atoms with E-state index in [9.17, 15) is 18.8 Å². The van der Waals surface area contributed by atoms with Crippen molar-refractivity contribution in [3.8, 4) is 11.3 Å². The third-order valence-corrected chi connectivity index (χ3v) is 8.43. The zero-order chi connectivity index (χ0) is 26.3. The number of likely N-dealkylation sites (tertiary alicyclic amines) is 2. The largest absolute Gasteiger partial charge is 0.365 e. The van der Waals surface area contributed by atoms with Crippen LogP contribution in [0.25, 0.3) is 11.3 Å². The number of rotatable bonds is 7. The van der Waals surface area contributed by atoms with Crippen molar-refractivity contribution >= 4 is 28.9 Å². The molecule has 2 unspecified atom stereocenters. The number of carbonyl (C=O) groups is 3. The van der Waals surface area contributed by atoms with Crippen LogP contribution in [0.15, 0.2) is 29.6 Å². The molecule has 5 atom stereocenters. The first kappa shape index (κ1) is 25.9. The number of hydrogen-bond acceptors (Lipinski definition) is 7. The van der Waals surface area contributed by atoms with Crippen LogP contribution in [0.3, 0.4) is 0 Å². The Morgan fingerprint density at radius 3 is 2.68 bits per heavy atom. The van der Waals surface area contributed by atoms with Gasteiger partial charge in [-0.25, -0.2) is 9.37 Å². The van der Waals surface area contributed by atoms with Gasteiger partial charge in [0.05, 0.1) is 17.2 Å². The summed E-state index contributed by atoms with van der Waals surface area (Å²) in [5.74, 6) is -0.562. The van der Waals surface area contributed by atoms with Crippen LogP contribution in [-0.2, 0) is 14.3 Å². The minimum absolute atomic E-state index is 0.102.